The quantitative estimate of drug-likeness (QED) is 0.447. The highest BCUT2D eigenvalue weighted by Crippen LogP contribution is 2.18. The Morgan fingerprint density at radius 2 is 2.20 bits per heavy atom. The Morgan fingerprint density at radius 1 is 1.53 bits per heavy atom. The molecule has 0 spiro atoms. The lowest BCUT2D eigenvalue weighted by molar-refractivity contribution is 0.0627. The highest BCUT2D eigenvalue weighted by atomic mass is 35.5. The fourth-order valence-electron chi connectivity index (χ4n) is 1.28. The van der Waals surface area contributed by atoms with Crippen LogP contribution >= 0.6 is 11.6 Å². The minimum atomic E-state index is -0.401. The van der Waals surface area contributed by atoms with Crippen molar-refractivity contribution in [2.45, 2.75) is 19.7 Å². The van der Waals surface area contributed by atoms with Gasteiger partial charge in [0.05, 0.1) is 11.3 Å². The van der Waals surface area contributed by atoms with Crippen LogP contribution in [0.25, 0.3) is 0 Å². The van der Waals surface area contributed by atoms with E-state index in [9.17, 15) is 4.79 Å². The molecule has 0 saturated heterocycles. The van der Waals surface area contributed by atoms with Gasteiger partial charge in [-0.2, -0.15) is 0 Å². The van der Waals surface area contributed by atoms with Crippen LogP contribution in [0, 0.1) is 6.92 Å². The molecule has 0 heterocycles. The maximum Gasteiger partial charge on any atom is 0.343 e. The van der Waals surface area contributed by atoms with Crippen molar-refractivity contribution < 1.29 is 9.53 Å². The van der Waals surface area contributed by atoms with E-state index in [1.165, 1.54) is 0 Å². The number of alkyl halides is 1. The van der Waals surface area contributed by atoms with Crippen molar-refractivity contribution in [1.82, 2.24) is 0 Å². The van der Waals surface area contributed by atoms with Gasteiger partial charge in [0.1, 0.15) is 0 Å². The fraction of sp³-hybridized carbons (Fsp3) is 0.250. The van der Waals surface area contributed by atoms with Crippen molar-refractivity contribution in [3.05, 3.63) is 47.2 Å². The summed E-state index contributed by atoms with van der Waals surface area (Å²) in [6.07, 6.45) is 0. The van der Waals surface area contributed by atoms with Crippen molar-refractivity contribution in [2.24, 2.45) is 0 Å². The second-order valence-electron chi connectivity index (χ2n) is 3.33. The number of carbonyl (C=O) groups is 1. The molecule has 0 amide bonds. The summed E-state index contributed by atoms with van der Waals surface area (Å²) >= 11 is 5.79. The predicted octanol–water partition coefficient (Wildman–Crippen LogP) is 3.42. The lowest BCUT2D eigenvalue weighted by Gasteiger charge is -2.09. The molecule has 0 bridgehead atoms. The summed E-state index contributed by atoms with van der Waals surface area (Å²) < 4.78 is 4.94. The van der Waals surface area contributed by atoms with Crippen molar-refractivity contribution in [2.75, 3.05) is 0 Å². The molecule has 3 heteroatoms. The van der Waals surface area contributed by atoms with E-state index in [1.54, 1.807) is 19.1 Å². The van der Waals surface area contributed by atoms with Gasteiger partial charge in [-0.05, 0) is 31.0 Å². The first-order chi connectivity index (χ1) is 7.06. The summed E-state index contributed by atoms with van der Waals surface area (Å²) in [5, 5.41) is 0. The van der Waals surface area contributed by atoms with Gasteiger partial charge in [-0.1, -0.05) is 18.7 Å². The number of ether oxygens (including phenoxy) is 1. The van der Waals surface area contributed by atoms with Crippen LogP contribution in [0.2, 0.25) is 0 Å². The van der Waals surface area contributed by atoms with Gasteiger partial charge >= 0.3 is 5.97 Å². The summed E-state index contributed by atoms with van der Waals surface area (Å²) in [6.45, 7) is 7.07. The molecule has 0 fully saturated rings. The fourth-order valence-corrected chi connectivity index (χ4v) is 1.64. The van der Waals surface area contributed by atoms with Crippen LogP contribution in [0.5, 0.6) is 0 Å². The van der Waals surface area contributed by atoms with Crippen LogP contribution in [0.3, 0.4) is 0 Å². The van der Waals surface area contributed by atoms with Crippen molar-refractivity contribution in [3.63, 3.8) is 0 Å². The Bertz CT molecular complexity index is 397. The third kappa shape index (κ3) is 2.83. The van der Waals surface area contributed by atoms with E-state index in [0.717, 1.165) is 11.1 Å². The van der Waals surface area contributed by atoms with E-state index in [-0.39, 0.29) is 0 Å². The Labute approximate surface area is 94.5 Å². The molecular formula is C12H13ClO2. The minimum Gasteiger partial charge on any atom is -0.428 e. The van der Waals surface area contributed by atoms with E-state index in [1.807, 2.05) is 13.0 Å². The summed E-state index contributed by atoms with van der Waals surface area (Å²) in [5.41, 5.74) is 2.31. The Morgan fingerprint density at radius 3 is 2.73 bits per heavy atom. The number of esters is 1. The number of benzene rings is 1. The van der Waals surface area contributed by atoms with Crippen LogP contribution < -0.4 is 0 Å². The molecule has 1 aromatic rings. The van der Waals surface area contributed by atoms with E-state index >= 15 is 0 Å². The first-order valence-corrected chi connectivity index (χ1v) is 5.12. The highest BCUT2D eigenvalue weighted by Gasteiger charge is 2.13. The van der Waals surface area contributed by atoms with Crippen molar-refractivity contribution >= 4 is 17.6 Å². The minimum absolute atomic E-state index is 0.299. The van der Waals surface area contributed by atoms with Crippen LogP contribution in [-0.4, -0.2) is 5.97 Å². The second-order valence-corrected chi connectivity index (χ2v) is 3.59. The molecule has 80 valence electrons. The molecule has 0 unspecified atom stereocenters. The molecule has 0 N–H and O–H groups in total. The number of allylic oxidation sites excluding steroid dienone is 1. The van der Waals surface area contributed by atoms with Crippen LogP contribution in [0.4, 0.5) is 0 Å². The topological polar surface area (TPSA) is 26.3 Å². The maximum atomic E-state index is 11.6. The average molecular weight is 225 g/mol. The van der Waals surface area contributed by atoms with E-state index in [4.69, 9.17) is 16.3 Å². The number of carbonyl (C=O) groups excluding carboxylic acids is 1. The van der Waals surface area contributed by atoms with Gasteiger partial charge in [0, 0.05) is 5.88 Å². The zero-order valence-corrected chi connectivity index (χ0v) is 9.60. The molecule has 0 aliphatic carbocycles. The van der Waals surface area contributed by atoms with Crippen molar-refractivity contribution in [3.8, 4) is 0 Å². The Balaban J connectivity index is 3.08. The lowest BCUT2D eigenvalue weighted by Crippen LogP contribution is -2.07. The standard InChI is InChI=1S/C12H13ClO2/c1-8(2)15-12(14)10-6-4-5-9(3)11(10)7-13/h4-6H,1,7H2,2-3H3. The molecule has 0 radical (unpaired) electrons. The smallest absolute Gasteiger partial charge is 0.343 e. The molecule has 0 atom stereocenters. The third-order valence-corrected chi connectivity index (χ3v) is 2.30. The molecular weight excluding hydrogens is 212 g/mol. The number of hydrogen-bond donors (Lipinski definition) is 0. The van der Waals surface area contributed by atoms with E-state index in [0.29, 0.717) is 17.2 Å². The molecule has 1 aromatic carbocycles. The van der Waals surface area contributed by atoms with Crippen LogP contribution in [-0.2, 0) is 10.6 Å². The summed E-state index contributed by atoms with van der Waals surface area (Å²) in [5.74, 6) is 0.275. The normalized spacial score (nSPS) is 9.80. The summed E-state index contributed by atoms with van der Waals surface area (Å²) in [7, 11) is 0. The average Bonchev–Trinajstić information content (AvgIpc) is 2.16. The number of aryl methyl sites for hydroxylation is 1. The number of halogens is 1. The maximum absolute atomic E-state index is 11.6. The number of rotatable bonds is 3. The lowest BCUT2D eigenvalue weighted by atomic mass is 10.0. The Kier molecular flexibility index (Phi) is 3.92. The zero-order chi connectivity index (χ0) is 11.4. The first-order valence-electron chi connectivity index (χ1n) is 4.58. The SMILES string of the molecule is C=C(C)OC(=O)c1cccc(C)c1CCl. The number of hydrogen-bond acceptors (Lipinski definition) is 2. The van der Waals surface area contributed by atoms with Gasteiger partial charge in [0.25, 0.3) is 0 Å². The monoisotopic (exact) mass is 224 g/mol. The van der Waals surface area contributed by atoms with Gasteiger partial charge in [0.15, 0.2) is 0 Å². The molecule has 2 nitrogen and oxygen atoms in total. The summed E-state index contributed by atoms with van der Waals surface area (Å²) in [4.78, 5) is 11.6. The molecule has 0 aliphatic rings. The molecule has 1 rings (SSSR count). The molecule has 0 aliphatic heterocycles. The molecule has 15 heavy (non-hydrogen) atoms. The molecule has 0 aromatic heterocycles. The predicted molar refractivity (Wildman–Crippen MR) is 61.0 cm³/mol. The van der Waals surface area contributed by atoms with Gasteiger partial charge in [-0.3, -0.25) is 0 Å². The summed E-state index contributed by atoms with van der Waals surface area (Å²) in [6, 6.07) is 5.42. The van der Waals surface area contributed by atoms with Gasteiger partial charge in [-0.15, -0.1) is 11.6 Å². The zero-order valence-electron chi connectivity index (χ0n) is 8.84. The van der Waals surface area contributed by atoms with Crippen LogP contribution in [0.15, 0.2) is 30.5 Å². The first kappa shape index (κ1) is 11.8. The Hall–Kier alpha value is -1.28. The van der Waals surface area contributed by atoms with Gasteiger partial charge in [-0.25, -0.2) is 4.79 Å². The van der Waals surface area contributed by atoms with E-state index in [2.05, 4.69) is 6.58 Å². The second kappa shape index (κ2) is 4.99. The van der Waals surface area contributed by atoms with Gasteiger partial charge < -0.3 is 4.74 Å². The van der Waals surface area contributed by atoms with E-state index < -0.39 is 5.97 Å². The van der Waals surface area contributed by atoms with Gasteiger partial charge in [0.2, 0.25) is 0 Å². The third-order valence-electron chi connectivity index (χ3n) is 2.03. The van der Waals surface area contributed by atoms with Crippen LogP contribution in [0.1, 0.15) is 28.4 Å². The largest absolute Gasteiger partial charge is 0.428 e. The van der Waals surface area contributed by atoms with Crippen molar-refractivity contribution in [1.29, 1.82) is 0 Å². The highest BCUT2D eigenvalue weighted by molar-refractivity contribution is 6.17. The molecule has 0 saturated carbocycles.